The Balaban J connectivity index is 2.68. The molecule has 1 aromatic rings. The zero-order valence-corrected chi connectivity index (χ0v) is 11.4. The number of carbonyl (C=O) groups is 1. The van der Waals surface area contributed by atoms with Crippen LogP contribution in [0.5, 0.6) is 5.75 Å². The predicted octanol–water partition coefficient (Wildman–Crippen LogP) is 1.99. The van der Waals surface area contributed by atoms with Crippen LogP contribution >= 0.6 is 0 Å². The number of hydrogen-bond acceptors (Lipinski definition) is 3. The van der Waals surface area contributed by atoms with Gasteiger partial charge in [-0.2, -0.15) is 0 Å². The Labute approximate surface area is 108 Å². The molecule has 0 fully saturated rings. The summed E-state index contributed by atoms with van der Waals surface area (Å²) < 4.78 is 5.16. The van der Waals surface area contributed by atoms with E-state index in [9.17, 15) is 4.79 Å². The van der Waals surface area contributed by atoms with Crippen LogP contribution in [0.3, 0.4) is 0 Å². The largest absolute Gasteiger partial charge is 0.497 e. The average Bonchev–Trinajstić information content (AvgIpc) is 2.38. The van der Waals surface area contributed by atoms with Gasteiger partial charge in [-0.3, -0.25) is 4.79 Å². The Morgan fingerprint density at radius 2 is 2.28 bits per heavy atom. The van der Waals surface area contributed by atoms with Crippen molar-refractivity contribution >= 4 is 12.1 Å². The lowest BCUT2D eigenvalue weighted by Gasteiger charge is -2.19. The lowest BCUT2D eigenvalue weighted by molar-refractivity contribution is -0.132. The maximum atomic E-state index is 12.0. The minimum absolute atomic E-state index is 0.0587. The van der Waals surface area contributed by atoms with Crippen molar-refractivity contribution in [1.82, 2.24) is 4.90 Å². The van der Waals surface area contributed by atoms with E-state index in [4.69, 9.17) is 4.74 Å². The number of carbonyl (C=O) groups excluding carboxylic acids is 1. The van der Waals surface area contributed by atoms with E-state index in [1.54, 1.807) is 32.3 Å². The third-order valence-electron chi connectivity index (χ3n) is 2.69. The molecule has 0 bridgehead atoms. The molecule has 0 aliphatic carbocycles. The molecule has 1 atom stereocenters. The quantitative estimate of drug-likeness (QED) is 0.748. The second-order valence-corrected chi connectivity index (χ2v) is 4.24. The van der Waals surface area contributed by atoms with Crippen LogP contribution in [0, 0.1) is 5.92 Å². The standard InChI is InChI=1S/C14H20N2O2/c1-11(9-15-2)14(17)16(3)10-12-6-5-7-13(8-12)18-4/h5-9,11H,10H2,1-4H3. The van der Waals surface area contributed by atoms with Crippen LogP contribution in [0.4, 0.5) is 0 Å². The molecule has 0 saturated carbocycles. The van der Waals surface area contributed by atoms with Gasteiger partial charge in [0.05, 0.1) is 13.0 Å². The van der Waals surface area contributed by atoms with Gasteiger partial charge in [0.1, 0.15) is 5.75 Å². The molecule has 4 nitrogen and oxygen atoms in total. The minimum Gasteiger partial charge on any atom is -0.497 e. The van der Waals surface area contributed by atoms with Crippen LogP contribution in [0.15, 0.2) is 29.3 Å². The van der Waals surface area contributed by atoms with Crippen molar-refractivity contribution in [1.29, 1.82) is 0 Å². The molecule has 0 N–H and O–H groups in total. The summed E-state index contributed by atoms with van der Waals surface area (Å²) >= 11 is 0. The number of ether oxygens (including phenoxy) is 1. The van der Waals surface area contributed by atoms with Crippen molar-refractivity contribution < 1.29 is 9.53 Å². The van der Waals surface area contributed by atoms with Gasteiger partial charge in [0.2, 0.25) is 5.91 Å². The maximum absolute atomic E-state index is 12.0. The van der Waals surface area contributed by atoms with E-state index in [0.717, 1.165) is 11.3 Å². The highest BCUT2D eigenvalue weighted by Crippen LogP contribution is 2.14. The smallest absolute Gasteiger partial charge is 0.230 e. The number of benzene rings is 1. The predicted molar refractivity (Wildman–Crippen MR) is 73.0 cm³/mol. The van der Waals surface area contributed by atoms with Crippen LogP contribution in [0.2, 0.25) is 0 Å². The van der Waals surface area contributed by atoms with Gasteiger partial charge >= 0.3 is 0 Å². The van der Waals surface area contributed by atoms with Crippen molar-refractivity contribution in [3.05, 3.63) is 29.8 Å². The zero-order chi connectivity index (χ0) is 13.5. The molecule has 98 valence electrons. The second-order valence-electron chi connectivity index (χ2n) is 4.24. The van der Waals surface area contributed by atoms with Gasteiger partial charge in [-0.1, -0.05) is 12.1 Å². The second kappa shape index (κ2) is 6.79. The first-order valence-corrected chi connectivity index (χ1v) is 5.88. The summed E-state index contributed by atoms with van der Waals surface area (Å²) in [5.41, 5.74) is 1.05. The molecule has 4 heteroatoms. The fraction of sp³-hybridized carbons (Fsp3) is 0.429. The van der Waals surface area contributed by atoms with Gasteiger partial charge < -0.3 is 14.6 Å². The van der Waals surface area contributed by atoms with Gasteiger partial charge in [-0.05, 0) is 24.6 Å². The highest BCUT2D eigenvalue weighted by Gasteiger charge is 2.15. The molecule has 0 aliphatic rings. The van der Waals surface area contributed by atoms with E-state index < -0.39 is 0 Å². The number of rotatable bonds is 5. The number of hydrogen-bond donors (Lipinski definition) is 0. The fourth-order valence-corrected chi connectivity index (χ4v) is 1.76. The number of amides is 1. The molecule has 1 unspecified atom stereocenters. The number of nitrogens with zero attached hydrogens (tertiary/aromatic N) is 2. The monoisotopic (exact) mass is 248 g/mol. The number of aliphatic imine (C=N–C) groups is 1. The highest BCUT2D eigenvalue weighted by atomic mass is 16.5. The Hall–Kier alpha value is -1.84. The van der Waals surface area contributed by atoms with E-state index in [1.165, 1.54) is 0 Å². The van der Waals surface area contributed by atoms with Crippen molar-refractivity contribution in [2.75, 3.05) is 21.2 Å². The minimum atomic E-state index is -0.189. The molecule has 1 amide bonds. The third kappa shape index (κ3) is 3.87. The fourth-order valence-electron chi connectivity index (χ4n) is 1.76. The topological polar surface area (TPSA) is 41.9 Å². The first-order chi connectivity index (χ1) is 8.58. The lowest BCUT2D eigenvalue weighted by atomic mass is 10.1. The summed E-state index contributed by atoms with van der Waals surface area (Å²) in [7, 11) is 5.10. The zero-order valence-electron chi connectivity index (χ0n) is 11.4. The van der Waals surface area contributed by atoms with E-state index in [2.05, 4.69) is 4.99 Å². The van der Waals surface area contributed by atoms with Crippen molar-refractivity contribution in [3.63, 3.8) is 0 Å². The molecule has 0 heterocycles. The van der Waals surface area contributed by atoms with Crippen molar-refractivity contribution in [2.24, 2.45) is 10.9 Å². The first-order valence-electron chi connectivity index (χ1n) is 5.88. The molecule has 1 aromatic carbocycles. The summed E-state index contributed by atoms with van der Waals surface area (Å²) in [6, 6.07) is 7.72. The highest BCUT2D eigenvalue weighted by molar-refractivity contribution is 5.92. The Morgan fingerprint density at radius 1 is 1.56 bits per heavy atom. The molecule has 1 rings (SSSR count). The van der Waals surface area contributed by atoms with Crippen molar-refractivity contribution in [3.8, 4) is 5.75 Å². The van der Waals surface area contributed by atoms with Crippen LogP contribution < -0.4 is 4.74 Å². The Morgan fingerprint density at radius 3 is 2.89 bits per heavy atom. The number of methoxy groups -OCH3 is 1. The Bertz CT molecular complexity index is 430. The third-order valence-corrected chi connectivity index (χ3v) is 2.69. The van der Waals surface area contributed by atoms with Gasteiger partial charge in [0.15, 0.2) is 0 Å². The van der Waals surface area contributed by atoms with E-state index in [0.29, 0.717) is 6.54 Å². The van der Waals surface area contributed by atoms with Crippen LogP contribution in [-0.2, 0) is 11.3 Å². The lowest BCUT2D eigenvalue weighted by Crippen LogP contribution is -2.31. The van der Waals surface area contributed by atoms with E-state index in [-0.39, 0.29) is 11.8 Å². The first kappa shape index (κ1) is 14.2. The van der Waals surface area contributed by atoms with Gasteiger partial charge in [-0.15, -0.1) is 0 Å². The molecular weight excluding hydrogens is 228 g/mol. The molecule has 0 spiro atoms. The summed E-state index contributed by atoms with van der Waals surface area (Å²) in [6.45, 7) is 2.41. The van der Waals surface area contributed by atoms with Gasteiger partial charge in [0, 0.05) is 26.9 Å². The van der Waals surface area contributed by atoms with Crippen molar-refractivity contribution in [2.45, 2.75) is 13.5 Å². The van der Waals surface area contributed by atoms with Gasteiger partial charge in [0.25, 0.3) is 0 Å². The summed E-state index contributed by atoms with van der Waals surface area (Å²) in [6.07, 6.45) is 1.66. The molecule has 0 aliphatic heterocycles. The normalized spacial score (nSPS) is 12.4. The Kier molecular flexibility index (Phi) is 5.36. The van der Waals surface area contributed by atoms with E-state index in [1.807, 2.05) is 31.2 Å². The summed E-state index contributed by atoms with van der Waals surface area (Å²) in [5.74, 6) is 0.672. The van der Waals surface area contributed by atoms with Gasteiger partial charge in [-0.25, -0.2) is 0 Å². The molecule has 0 saturated heterocycles. The van der Waals surface area contributed by atoms with Crippen LogP contribution in [-0.4, -0.2) is 38.2 Å². The average molecular weight is 248 g/mol. The summed E-state index contributed by atoms with van der Waals surface area (Å²) in [4.78, 5) is 17.6. The molecule has 0 aromatic heterocycles. The van der Waals surface area contributed by atoms with Crippen LogP contribution in [0.1, 0.15) is 12.5 Å². The van der Waals surface area contributed by atoms with E-state index >= 15 is 0 Å². The summed E-state index contributed by atoms with van der Waals surface area (Å²) in [5, 5.41) is 0. The SMILES string of the molecule is CN=CC(C)C(=O)N(C)Cc1cccc(OC)c1. The molecule has 18 heavy (non-hydrogen) atoms. The maximum Gasteiger partial charge on any atom is 0.230 e. The molecule has 0 radical (unpaired) electrons. The van der Waals surface area contributed by atoms with Crippen LogP contribution in [0.25, 0.3) is 0 Å². The molecular formula is C14H20N2O2.